The van der Waals surface area contributed by atoms with Gasteiger partial charge in [-0.15, -0.1) is 4.86 Å². The molecule has 27 nitrogen and oxygen atoms in total. The molecule has 0 spiro atoms. The van der Waals surface area contributed by atoms with Crippen LogP contribution in [0.15, 0.2) is 73.3 Å². The van der Waals surface area contributed by atoms with Gasteiger partial charge in [0, 0.05) is 98.3 Å². The number of phosphoric acid groups is 1. The average molecular weight is 1220 g/mol. The number of ether oxygens (including phenoxy) is 3. The number of benzene rings is 3. The number of hydrogen-bond donors (Lipinski definition) is 9. The summed E-state index contributed by atoms with van der Waals surface area (Å²) in [4.78, 5) is 95.8. The number of nitrogens with two attached hydrogens (primary N) is 1. The van der Waals surface area contributed by atoms with Crippen LogP contribution in [0.2, 0.25) is 0 Å². The molecule has 1 fully saturated rings. The number of aliphatic hydroxyl groups excluding tert-OH is 1. The molecule has 1 saturated heterocycles. The van der Waals surface area contributed by atoms with E-state index in [0.717, 1.165) is 79.5 Å². The van der Waals surface area contributed by atoms with Crippen molar-refractivity contribution in [2.45, 2.75) is 104 Å². The number of aromatic nitrogens is 4. The predicted octanol–water partition coefficient (Wildman–Crippen LogP) is 4.43. The van der Waals surface area contributed by atoms with Crippen LogP contribution in [0.4, 0.5) is 16.3 Å². The normalized spacial score (nSPS) is 20.9. The van der Waals surface area contributed by atoms with E-state index in [9.17, 15) is 43.0 Å². The maximum absolute atomic E-state index is 14.7. The van der Waals surface area contributed by atoms with Gasteiger partial charge in [0.15, 0.2) is 29.3 Å². The number of amides is 3. The van der Waals surface area contributed by atoms with E-state index in [-0.39, 0.29) is 72.3 Å². The second-order valence-electron chi connectivity index (χ2n) is 21.8. The van der Waals surface area contributed by atoms with E-state index in [1.807, 2.05) is 24.3 Å². The largest absolute Gasteiger partial charge is 0.480 e. The zero-order valence-corrected chi connectivity index (χ0v) is 50.4. The Labute approximate surface area is 483 Å². The molecule has 10 N–H and O–H groups in total. The van der Waals surface area contributed by atoms with Crippen LogP contribution in [-0.4, -0.2) is 143 Å². The molecule has 6 heterocycles. The number of alkyl carbamates (subject to hydrolysis) is 1. The first-order valence-corrected chi connectivity index (χ1v) is 31.7. The Morgan fingerprint density at radius 3 is 2.32 bits per heavy atom. The number of fused-ring (bicyclic) bond motifs is 5. The number of rotatable bonds is 20. The lowest BCUT2D eigenvalue weighted by molar-refractivity contribution is -0.121. The molecule has 2 aromatic heterocycles. The molecule has 0 radical (unpaired) electrons. The van der Waals surface area contributed by atoms with Crippen molar-refractivity contribution in [2.75, 3.05) is 57.0 Å². The Kier molecular flexibility index (Phi) is 17.4. The molecule has 9 rings (SSSR count). The van der Waals surface area contributed by atoms with Crippen molar-refractivity contribution in [1.29, 1.82) is 0 Å². The lowest BCUT2D eigenvalue weighted by Crippen LogP contribution is -2.49. The standard InChI is InChI=1S/C54H68N11O16P3/c1-10-64-38-23-40-36(21-34(38)30(3)25-53(64,5)6)44(37-22-35-31(4)26-54(7,8)65(11-2)39(35)24-41(37)78-40)32-15-12-13-16-33(32)50(68)62(9)20-14-17-43(66)56-18-19-57-52(69)80-47-42(27-77-84(75,76)81-83(73,74)61-82(70,71)72)79-51(46(47)67)63-29-60-45-48(55)58-28-59-49(45)63/h12-13,15-16,21-26,28-29,42,46-47,51,67H,10-11,14,17-20,27H2,1-9H3,(H8-,55,56,57,58,59,61,66,69,70,71,72,73,74,75,76)/p+1/t42-,46-,47-,51-/m1/s1. The molecular weight excluding hydrogens is 1150 g/mol. The van der Waals surface area contributed by atoms with Crippen molar-refractivity contribution < 1.29 is 75.8 Å². The van der Waals surface area contributed by atoms with Crippen molar-refractivity contribution in [3.8, 4) is 11.5 Å². The third kappa shape index (κ3) is 12.8. The number of nitrogen functional groups attached to an aromatic ring is 1. The fourth-order valence-corrected chi connectivity index (χ4v) is 15.0. The Bertz CT molecular complexity index is 3830. The zero-order chi connectivity index (χ0) is 61.0. The van der Waals surface area contributed by atoms with Gasteiger partial charge in [-0.1, -0.05) is 24.3 Å². The number of nitrogens with one attached hydrogen (secondary N) is 3. The fraction of sp³-hybridized carbons (Fsp3) is 0.426. The summed E-state index contributed by atoms with van der Waals surface area (Å²) in [5, 5.41) is 18.5. The maximum atomic E-state index is 14.7. The molecule has 3 aromatic carbocycles. The van der Waals surface area contributed by atoms with Crippen LogP contribution in [0.1, 0.15) is 107 Å². The summed E-state index contributed by atoms with van der Waals surface area (Å²) in [5.41, 5.74) is 14.0. The molecule has 450 valence electrons. The average Bonchev–Trinajstić information content (AvgIpc) is 1.04. The highest BCUT2D eigenvalue weighted by Gasteiger charge is 2.50. The van der Waals surface area contributed by atoms with Gasteiger partial charge in [-0.2, -0.15) is 4.31 Å². The van der Waals surface area contributed by atoms with Gasteiger partial charge in [0.05, 0.1) is 24.5 Å². The summed E-state index contributed by atoms with van der Waals surface area (Å²) in [6.07, 6.45) is -0.583. The first-order chi connectivity index (χ1) is 39.4. The number of hydrogen-bond acceptors (Lipinski definition) is 17. The van der Waals surface area contributed by atoms with E-state index < -0.39 is 60.6 Å². The van der Waals surface area contributed by atoms with E-state index in [4.69, 9.17) is 34.3 Å². The Morgan fingerprint density at radius 1 is 0.893 bits per heavy atom. The number of carbonyl (C=O) groups is 3. The highest BCUT2D eigenvalue weighted by atomic mass is 31.3. The summed E-state index contributed by atoms with van der Waals surface area (Å²) >= 11 is 0. The van der Waals surface area contributed by atoms with Gasteiger partial charge in [0.1, 0.15) is 42.1 Å². The number of carbonyl (C=O) groups excluding carboxylic acids is 3. The van der Waals surface area contributed by atoms with E-state index >= 15 is 0 Å². The quantitative estimate of drug-likeness (QED) is 0.0290. The highest BCUT2D eigenvalue weighted by Crippen LogP contribution is 2.61. The summed E-state index contributed by atoms with van der Waals surface area (Å²) in [7, 11) is -15.0. The van der Waals surface area contributed by atoms with Crippen LogP contribution in [-0.2, 0) is 36.8 Å². The van der Waals surface area contributed by atoms with Crippen LogP contribution < -0.4 is 46.0 Å². The van der Waals surface area contributed by atoms with Crippen LogP contribution >= 0.6 is 23.3 Å². The molecule has 2 unspecified atom stereocenters. The molecule has 4 aliphatic heterocycles. The van der Waals surface area contributed by atoms with Gasteiger partial charge in [-0.3, -0.25) is 18.7 Å². The van der Waals surface area contributed by atoms with Gasteiger partial charge in [-0.25, -0.2) is 38.0 Å². The van der Waals surface area contributed by atoms with Gasteiger partial charge in [-0.05, 0) is 88.9 Å². The van der Waals surface area contributed by atoms with Crippen molar-refractivity contribution >= 4 is 80.6 Å². The van der Waals surface area contributed by atoms with Gasteiger partial charge in [0.2, 0.25) is 11.3 Å². The second-order valence-corrected chi connectivity index (χ2v) is 26.6. The summed E-state index contributed by atoms with van der Waals surface area (Å²) in [6, 6.07) is 16.2. The number of anilines is 2. The summed E-state index contributed by atoms with van der Waals surface area (Å²) in [6.45, 7) is 17.8. The Hall–Kier alpha value is -6.70. The summed E-state index contributed by atoms with van der Waals surface area (Å²) in [5.74, 6) is 0.701. The zero-order valence-electron chi connectivity index (χ0n) is 47.7. The Morgan fingerprint density at radius 2 is 1.61 bits per heavy atom. The molecule has 84 heavy (non-hydrogen) atoms. The molecule has 0 aliphatic carbocycles. The van der Waals surface area contributed by atoms with Crippen molar-refractivity contribution in [3.05, 3.63) is 112 Å². The third-order valence-electron chi connectivity index (χ3n) is 15.0. The molecule has 5 aromatic rings. The maximum Gasteiger partial charge on any atom is 0.480 e. The minimum absolute atomic E-state index is 0.0139. The molecule has 4 aliphatic rings. The molecular formula is C54H69N11O16P3+. The van der Waals surface area contributed by atoms with Crippen molar-refractivity contribution in [3.63, 3.8) is 0 Å². The van der Waals surface area contributed by atoms with Crippen LogP contribution in [0, 0.1) is 0 Å². The molecule has 0 saturated carbocycles. The first kappa shape index (κ1) is 61.8. The fourth-order valence-electron chi connectivity index (χ4n) is 11.6. The van der Waals surface area contributed by atoms with Crippen LogP contribution in [0.5, 0.6) is 11.5 Å². The van der Waals surface area contributed by atoms with Crippen molar-refractivity contribution in [2.24, 2.45) is 0 Å². The van der Waals surface area contributed by atoms with Crippen LogP contribution in [0.25, 0.3) is 27.9 Å². The lowest BCUT2D eigenvalue weighted by atomic mass is 9.83. The lowest BCUT2D eigenvalue weighted by Gasteiger charge is -2.43. The predicted molar refractivity (Wildman–Crippen MR) is 310 cm³/mol. The number of allylic oxidation sites excluding steroid dienone is 2. The third-order valence-corrected chi connectivity index (χ3v) is 19.3. The van der Waals surface area contributed by atoms with Gasteiger partial charge < -0.3 is 65.1 Å². The van der Waals surface area contributed by atoms with E-state index in [2.05, 4.69) is 131 Å². The number of phosphoric ester groups is 1. The number of aliphatic hydroxyl groups is 1. The van der Waals surface area contributed by atoms with E-state index in [1.165, 1.54) is 10.9 Å². The van der Waals surface area contributed by atoms with Crippen molar-refractivity contribution in [1.82, 2.24) is 44.5 Å². The number of nitrogens with zero attached hydrogens (tertiary/aromatic N) is 7. The molecule has 0 bridgehead atoms. The minimum Gasteiger partial charge on any atom is -0.456 e. The number of imidazole rings is 1. The first-order valence-electron chi connectivity index (χ1n) is 27.0. The molecule has 6 atom stereocenters. The smallest absolute Gasteiger partial charge is 0.456 e. The van der Waals surface area contributed by atoms with E-state index in [0.29, 0.717) is 17.1 Å². The van der Waals surface area contributed by atoms with E-state index in [1.54, 1.807) is 11.9 Å². The van der Waals surface area contributed by atoms with Gasteiger partial charge in [0.25, 0.3) is 5.91 Å². The topological polar surface area (TPSA) is 365 Å². The van der Waals surface area contributed by atoms with Crippen LogP contribution in [0.3, 0.4) is 0 Å². The second kappa shape index (κ2) is 23.6. The van der Waals surface area contributed by atoms with Gasteiger partial charge >= 0.3 is 29.4 Å². The number of likely N-dealkylation sites (N-methyl/N-ethyl adjacent to an activating group) is 2. The SMILES string of the molecule is CCN1c2cc3c(cc2C(C)=CC1(C)C)C(c1ccccc1C(=O)N(C)CCCC(=O)NCCNC(=O)O[C@H]1[C@@H](O)[C@H](n2cnc4c(N)ncnc42)O[C@@H]1COP(=O)(O)OP(=O)(O)NP(=O)(O)O)=c1cc2c(cc1O3)=[N+](CC)C(C)(C)C=C2C. The minimum atomic E-state index is -5.65. The highest BCUT2D eigenvalue weighted by molar-refractivity contribution is 7.70. The summed E-state index contributed by atoms with van der Waals surface area (Å²) < 4.78 is 66.6. The monoisotopic (exact) mass is 1220 g/mol. The Balaban J connectivity index is 0.863. The molecule has 3 amide bonds. The molecule has 30 heteroatoms.